The van der Waals surface area contributed by atoms with Gasteiger partial charge < -0.3 is 37.7 Å². The van der Waals surface area contributed by atoms with E-state index in [1.807, 2.05) is 0 Å². The van der Waals surface area contributed by atoms with Gasteiger partial charge in [-0.25, -0.2) is 21.8 Å². The molecule has 5 aromatic rings. The Kier molecular flexibility index (Phi) is 11.2. The molecule has 0 atom stereocenters. The summed E-state index contributed by atoms with van der Waals surface area (Å²) in [5, 5.41) is 32.8. The quantitative estimate of drug-likeness (QED) is 0.0742. The Morgan fingerprint density at radius 2 is 1.29 bits per heavy atom. The number of hydrogen-bond acceptors (Lipinski definition) is 13. The van der Waals surface area contributed by atoms with Crippen LogP contribution in [0.4, 0.5) is 11.4 Å². The smallest absolute Gasteiger partial charge is 0.716 e. The van der Waals surface area contributed by atoms with E-state index in [1.54, 1.807) is 6.07 Å². The molecule has 0 radical (unpaired) electrons. The third-order valence-corrected chi connectivity index (χ3v) is 8.92. The summed E-state index contributed by atoms with van der Waals surface area (Å²) in [7, 11) is -10.2. The van der Waals surface area contributed by atoms with E-state index in [-0.39, 0.29) is 133 Å². The molecule has 254 valence electrons. The molecule has 2 aliphatic heterocycles. The van der Waals surface area contributed by atoms with Gasteiger partial charge in [-0.15, -0.1) is 0 Å². The zero-order valence-corrected chi connectivity index (χ0v) is 32.9. The standard InChI is InChI=1S/C34H24N2O12S2.2Na/c37-21-10-6-19(7-11-21)26-29-28-24-2-1-3-25(48-50(44,45)46)30(24)35-31(28)33(39)27(20-8-12-22(38)13-9-20)32(29)36(34(26)40)17-16-18-4-14-23(15-5-18)47-49(41,42)43;;/h1-15,37-39H,16-17H2,(H,41,42,43)(H,44,45,46);;/q;2*+1/p-2. The van der Waals surface area contributed by atoms with E-state index < -0.39 is 32.5 Å². The van der Waals surface area contributed by atoms with Crippen LogP contribution < -0.4 is 83.0 Å². The maximum absolute atomic E-state index is 14.6. The van der Waals surface area contributed by atoms with Gasteiger partial charge in [0.1, 0.15) is 28.3 Å². The summed E-state index contributed by atoms with van der Waals surface area (Å²) in [6, 6.07) is 21.6. The van der Waals surface area contributed by atoms with Crippen LogP contribution in [0.2, 0.25) is 0 Å². The summed E-state index contributed by atoms with van der Waals surface area (Å²) in [6.45, 7) is 0.0123. The number of para-hydroxylation sites is 1. The van der Waals surface area contributed by atoms with Gasteiger partial charge in [0.25, 0.3) is 26.7 Å². The zero-order valence-electron chi connectivity index (χ0n) is 27.3. The van der Waals surface area contributed by atoms with Crippen molar-refractivity contribution >= 4 is 43.7 Å². The minimum absolute atomic E-state index is 0. The zero-order chi connectivity index (χ0) is 35.5. The van der Waals surface area contributed by atoms with E-state index in [1.165, 1.54) is 89.8 Å². The Morgan fingerprint density at radius 1 is 0.712 bits per heavy atom. The van der Waals surface area contributed by atoms with Gasteiger partial charge in [-0.1, -0.05) is 48.5 Å². The molecular weight excluding hydrogens is 738 g/mol. The van der Waals surface area contributed by atoms with Crippen molar-refractivity contribution in [2.75, 3.05) is 11.4 Å². The molecule has 1 amide bonds. The summed E-state index contributed by atoms with van der Waals surface area (Å²) >= 11 is 0. The number of hydrogen-bond donors (Lipinski definition) is 3. The normalized spacial score (nSPS) is 12.9. The molecule has 3 N–H and O–H groups in total. The summed E-state index contributed by atoms with van der Waals surface area (Å²) in [4.78, 5) is 20.6. The third kappa shape index (κ3) is 7.58. The first-order valence-electron chi connectivity index (χ1n) is 14.6. The fourth-order valence-corrected chi connectivity index (χ4v) is 6.85. The van der Waals surface area contributed by atoms with Crippen molar-refractivity contribution < 1.29 is 114 Å². The first kappa shape index (κ1) is 39.3. The number of carbonyl (C=O) groups is 1. The van der Waals surface area contributed by atoms with Crippen molar-refractivity contribution in [3.8, 4) is 39.9 Å². The molecule has 0 aromatic heterocycles. The number of phenolic OH excluding ortho intramolecular Hbond substituents is 3. The van der Waals surface area contributed by atoms with E-state index in [2.05, 4.69) is 9.18 Å². The molecule has 2 heterocycles. The fraction of sp³-hybridized carbons (Fsp3) is 0.0588. The SMILES string of the molecule is O=C1C(c2ccc(O)cc2)=c2c(c(-c3ccc(O)cc3)c(O)c3c2=c2cccc(OS(=O)(=O)[O-])c2=N3)N1CCc1ccc(OS(=O)(=O)[O-])cc1.[Na+].[Na+]. The molecule has 0 unspecified atom stereocenters. The van der Waals surface area contributed by atoms with Gasteiger partial charge in [-0.2, -0.15) is 0 Å². The number of rotatable bonds is 9. The average Bonchev–Trinajstić information content (AvgIpc) is 3.57. The van der Waals surface area contributed by atoms with Crippen LogP contribution in [0.1, 0.15) is 11.1 Å². The second-order valence-corrected chi connectivity index (χ2v) is 13.2. The molecule has 52 heavy (non-hydrogen) atoms. The number of amides is 1. The fourth-order valence-electron chi connectivity index (χ4n) is 6.15. The number of anilines is 1. The molecule has 0 spiro atoms. The second-order valence-electron chi connectivity index (χ2n) is 11.2. The van der Waals surface area contributed by atoms with E-state index in [0.717, 1.165) is 0 Å². The summed E-state index contributed by atoms with van der Waals surface area (Å²) in [5.74, 6) is -1.60. The van der Waals surface area contributed by atoms with Crippen LogP contribution in [-0.4, -0.2) is 53.7 Å². The first-order valence-corrected chi connectivity index (χ1v) is 17.3. The van der Waals surface area contributed by atoms with Gasteiger partial charge in [0.05, 0.1) is 16.8 Å². The molecule has 0 saturated heterocycles. The third-order valence-electron chi connectivity index (χ3n) is 8.14. The molecule has 0 aliphatic carbocycles. The molecule has 18 heteroatoms. The second kappa shape index (κ2) is 14.8. The molecule has 0 fully saturated rings. The molecule has 0 bridgehead atoms. The van der Waals surface area contributed by atoms with Crippen molar-refractivity contribution in [3.63, 3.8) is 0 Å². The van der Waals surface area contributed by atoms with Crippen molar-refractivity contribution in [2.45, 2.75) is 6.42 Å². The van der Waals surface area contributed by atoms with Crippen LogP contribution in [0.3, 0.4) is 0 Å². The monoisotopic (exact) mass is 760 g/mol. The van der Waals surface area contributed by atoms with Crippen LogP contribution in [0.5, 0.6) is 28.7 Å². The minimum atomic E-state index is -5.22. The van der Waals surface area contributed by atoms with Crippen molar-refractivity contribution in [1.29, 1.82) is 0 Å². The predicted molar refractivity (Wildman–Crippen MR) is 174 cm³/mol. The number of carbonyl (C=O) groups excluding carboxylic acids is 1. The van der Waals surface area contributed by atoms with Gasteiger partial charge in [-0.05, 0) is 65.6 Å². The van der Waals surface area contributed by atoms with E-state index in [0.29, 0.717) is 21.9 Å². The van der Waals surface area contributed by atoms with Gasteiger partial charge in [0.15, 0.2) is 11.5 Å². The largest absolute Gasteiger partial charge is 1.00 e. The Hall–Kier alpha value is -3.94. The first-order chi connectivity index (χ1) is 23.7. The summed E-state index contributed by atoms with van der Waals surface area (Å²) in [6.07, 6.45) is 0.200. The van der Waals surface area contributed by atoms with E-state index >= 15 is 0 Å². The maximum atomic E-state index is 14.6. The maximum Gasteiger partial charge on any atom is 1.00 e. The van der Waals surface area contributed by atoms with Gasteiger partial charge in [0.2, 0.25) is 0 Å². The van der Waals surface area contributed by atoms with Crippen LogP contribution >= 0.6 is 0 Å². The van der Waals surface area contributed by atoms with E-state index in [9.17, 15) is 46.1 Å². The van der Waals surface area contributed by atoms with Gasteiger partial charge in [-0.3, -0.25) is 4.79 Å². The topological polar surface area (TPSA) is 226 Å². The van der Waals surface area contributed by atoms with Crippen molar-refractivity contribution in [3.05, 3.63) is 123 Å². The summed E-state index contributed by atoms with van der Waals surface area (Å²) in [5.41, 5.74) is 1.94. The minimum Gasteiger partial charge on any atom is -0.716 e. The Morgan fingerprint density at radius 3 is 1.87 bits per heavy atom. The average molecular weight is 761 g/mol. The number of fused-ring (bicyclic) bond motifs is 4. The van der Waals surface area contributed by atoms with Crippen molar-refractivity contribution in [2.24, 2.45) is 4.99 Å². The van der Waals surface area contributed by atoms with Crippen molar-refractivity contribution in [1.82, 2.24) is 0 Å². The van der Waals surface area contributed by atoms with Crippen LogP contribution in [-0.2, 0) is 32.0 Å². The molecule has 14 nitrogen and oxygen atoms in total. The molecule has 5 aromatic carbocycles. The number of phenols is 3. The molecule has 0 saturated carbocycles. The predicted octanol–water partition coefficient (Wildman–Crippen LogP) is -3.50. The van der Waals surface area contributed by atoms with Crippen LogP contribution in [0.15, 0.2) is 96.0 Å². The molecule has 7 rings (SSSR count). The number of benzene rings is 5. The van der Waals surface area contributed by atoms with Crippen LogP contribution in [0, 0.1) is 10.4 Å². The van der Waals surface area contributed by atoms with E-state index in [4.69, 9.17) is 4.18 Å². The molecular formula is C34H22N2Na2O12S2. The van der Waals surface area contributed by atoms with Crippen LogP contribution in [0.25, 0.3) is 16.7 Å². The number of aromatic hydroxyl groups is 3. The Labute approximate surface area is 340 Å². The summed E-state index contributed by atoms with van der Waals surface area (Å²) < 4.78 is 76.9. The Balaban J connectivity index is 0.00000261. The number of nitrogens with zero attached hydrogens (tertiary/aromatic N) is 2. The molecule has 2 aliphatic rings. The van der Waals surface area contributed by atoms with Gasteiger partial charge in [0, 0.05) is 22.2 Å². The Bertz CT molecular complexity index is 2690. The van der Waals surface area contributed by atoms with Gasteiger partial charge >= 0.3 is 59.1 Å².